The highest BCUT2D eigenvalue weighted by Gasteiger charge is 2.28. The van der Waals surface area contributed by atoms with E-state index in [-0.39, 0.29) is 11.4 Å². The Bertz CT molecular complexity index is 411. The molecule has 6 nitrogen and oxygen atoms in total. The molecule has 0 saturated carbocycles. The first kappa shape index (κ1) is 15.4. The lowest BCUT2D eigenvalue weighted by Crippen LogP contribution is -2.27. The molecule has 19 heavy (non-hydrogen) atoms. The summed E-state index contributed by atoms with van der Waals surface area (Å²) in [5.41, 5.74) is 3.03. The minimum absolute atomic E-state index is 0.00267. The number of carbonyl (C=O) groups excluding carboxylic acids is 2. The average molecular weight is 269 g/mol. The molecular formula is C13H19NO5. The molecule has 106 valence electrons. The first-order valence-electron chi connectivity index (χ1n) is 6.20. The molecule has 0 amide bonds. The summed E-state index contributed by atoms with van der Waals surface area (Å²) in [7, 11) is 1.56. The molecule has 1 rings (SSSR count). The van der Waals surface area contributed by atoms with E-state index in [1.165, 1.54) is 6.08 Å². The number of allylic oxidation sites excluding steroid dienone is 3. The summed E-state index contributed by atoms with van der Waals surface area (Å²) in [6.07, 6.45) is 2.30. The molecule has 0 unspecified atom stereocenters. The summed E-state index contributed by atoms with van der Waals surface area (Å²) in [6, 6.07) is 0. The Morgan fingerprint density at radius 3 is 2.58 bits per heavy atom. The molecule has 0 saturated heterocycles. The number of ketones is 1. The van der Waals surface area contributed by atoms with Crippen molar-refractivity contribution < 1.29 is 23.9 Å². The minimum Gasteiger partial charge on any atom is -0.427 e. The first-order chi connectivity index (χ1) is 9.13. The Labute approximate surface area is 112 Å². The topological polar surface area (TPSA) is 73.9 Å². The van der Waals surface area contributed by atoms with E-state index >= 15 is 0 Å². The van der Waals surface area contributed by atoms with E-state index in [1.807, 2.05) is 13.8 Å². The zero-order valence-corrected chi connectivity index (χ0v) is 11.4. The van der Waals surface area contributed by atoms with Gasteiger partial charge in [-0.1, -0.05) is 13.8 Å². The molecule has 0 fully saturated rings. The Kier molecular flexibility index (Phi) is 6.24. The van der Waals surface area contributed by atoms with Crippen LogP contribution in [0.3, 0.4) is 0 Å². The third-order valence-electron chi connectivity index (χ3n) is 2.56. The van der Waals surface area contributed by atoms with Gasteiger partial charge in [0.15, 0.2) is 5.78 Å². The minimum atomic E-state index is -0.635. The van der Waals surface area contributed by atoms with Crippen molar-refractivity contribution in [3.8, 4) is 0 Å². The van der Waals surface area contributed by atoms with Gasteiger partial charge in [0.1, 0.15) is 11.3 Å². The predicted molar refractivity (Wildman–Crippen MR) is 67.8 cm³/mol. The summed E-state index contributed by atoms with van der Waals surface area (Å²) in [5, 5.41) is 0. The molecule has 1 N–H and O–H groups in total. The van der Waals surface area contributed by atoms with E-state index in [0.717, 1.165) is 0 Å². The number of hydroxylamine groups is 1. The van der Waals surface area contributed by atoms with Crippen molar-refractivity contribution in [2.45, 2.75) is 26.7 Å². The van der Waals surface area contributed by atoms with E-state index in [4.69, 9.17) is 14.3 Å². The number of hydrogen-bond acceptors (Lipinski definition) is 6. The van der Waals surface area contributed by atoms with Gasteiger partial charge < -0.3 is 9.47 Å². The second-order valence-corrected chi connectivity index (χ2v) is 3.87. The van der Waals surface area contributed by atoms with Crippen LogP contribution in [0.1, 0.15) is 26.7 Å². The fraction of sp³-hybridized carbons (Fsp3) is 0.538. The van der Waals surface area contributed by atoms with E-state index in [9.17, 15) is 9.59 Å². The third kappa shape index (κ3) is 4.18. The largest absolute Gasteiger partial charge is 0.427 e. The highest BCUT2D eigenvalue weighted by atomic mass is 16.7. The number of esters is 1. The summed E-state index contributed by atoms with van der Waals surface area (Å²) in [5.74, 6) is -0.605. The maximum Gasteiger partial charge on any atom is 0.349 e. The second-order valence-electron chi connectivity index (χ2n) is 3.87. The van der Waals surface area contributed by atoms with Gasteiger partial charge in [-0.3, -0.25) is 15.1 Å². The van der Waals surface area contributed by atoms with Crippen molar-refractivity contribution >= 4 is 11.8 Å². The lowest BCUT2D eigenvalue weighted by Gasteiger charge is -2.17. The van der Waals surface area contributed by atoms with Crippen molar-refractivity contribution in [3.05, 3.63) is 23.1 Å². The summed E-state index contributed by atoms with van der Waals surface area (Å²) >= 11 is 0. The number of ether oxygens (including phenoxy) is 2. The summed E-state index contributed by atoms with van der Waals surface area (Å²) in [6.45, 7) is 4.35. The van der Waals surface area contributed by atoms with Gasteiger partial charge in [-0.15, -0.1) is 0 Å². The molecule has 6 heteroatoms. The van der Waals surface area contributed by atoms with Crippen molar-refractivity contribution in [1.29, 1.82) is 0 Å². The molecule has 0 aromatic rings. The quantitative estimate of drug-likeness (QED) is 0.246. The van der Waals surface area contributed by atoms with E-state index in [2.05, 4.69) is 5.48 Å². The Hall–Kier alpha value is -1.66. The van der Waals surface area contributed by atoms with Gasteiger partial charge >= 0.3 is 5.97 Å². The van der Waals surface area contributed by atoms with Crippen LogP contribution in [-0.4, -0.2) is 32.1 Å². The SMILES string of the molecule is CCC1=CC(=O)C(=C(CC)NOCCOC)C(=O)O1. The highest BCUT2D eigenvalue weighted by Crippen LogP contribution is 2.19. The molecule has 0 spiro atoms. The Balaban J connectivity index is 2.82. The Morgan fingerprint density at radius 2 is 2.05 bits per heavy atom. The predicted octanol–water partition coefficient (Wildman–Crippen LogP) is 1.24. The van der Waals surface area contributed by atoms with E-state index in [1.54, 1.807) is 7.11 Å². The second kappa shape index (κ2) is 7.70. The van der Waals surface area contributed by atoms with E-state index < -0.39 is 5.97 Å². The number of methoxy groups -OCH3 is 1. The van der Waals surface area contributed by atoms with E-state index in [0.29, 0.717) is 37.5 Å². The van der Waals surface area contributed by atoms with Gasteiger partial charge in [0.25, 0.3) is 0 Å². The van der Waals surface area contributed by atoms with Crippen LogP contribution in [0.4, 0.5) is 0 Å². The van der Waals surface area contributed by atoms with Crippen LogP contribution < -0.4 is 5.48 Å². The number of hydrogen-bond donors (Lipinski definition) is 1. The van der Waals surface area contributed by atoms with Gasteiger partial charge in [0.2, 0.25) is 0 Å². The maximum atomic E-state index is 11.9. The lowest BCUT2D eigenvalue weighted by atomic mass is 10.0. The maximum absolute atomic E-state index is 11.9. The highest BCUT2D eigenvalue weighted by molar-refractivity contribution is 6.24. The molecule has 0 bridgehead atoms. The van der Waals surface area contributed by atoms with Gasteiger partial charge in [-0.05, 0) is 6.42 Å². The molecule has 0 atom stereocenters. The van der Waals surface area contributed by atoms with Crippen LogP contribution in [0.2, 0.25) is 0 Å². The van der Waals surface area contributed by atoms with Crippen molar-refractivity contribution in [3.63, 3.8) is 0 Å². The molecule has 0 radical (unpaired) electrons. The van der Waals surface area contributed by atoms with Crippen LogP contribution >= 0.6 is 0 Å². The van der Waals surface area contributed by atoms with Crippen LogP contribution in [0.5, 0.6) is 0 Å². The van der Waals surface area contributed by atoms with Crippen LogP contribution in [-0.2, 0) is 23.9 Å². The molecule has 1 heterocycles. The fourth-order valence-corrected chi connectivity index (χ4v) is 1.53. The molecule has 1 aliphatic heterocycles. The Morgan fingerprint density at radius 1 is 1.32 bits per heavy atom. The normalized spacial score (nSPS) is 17.9. The summed E-state index contributed by atoms with van der Waals surface area (Å²) < 4.78 is 9.88. The van der Waals surface area contributed by atoms with Crippen LogP contribution in [0.25, 0.3) is 0 Å². The summed E-state index contributed by atoms with van der Waals surface area (Å²) in [4.78, 5) is 28.8. The first-order valence-corrected chi connectivity index (χ1v) is 6.20. The molecular weight excluding hydrogens is 250 g/mol. The fourth-order valence-electron chi connectivity index (χ4n) is 1.53. The lowest BCUT2D eigenvalue weighted by molar-refractivity contribution is -0.138. The van der Waals surface area contributed by atoms with Crippen molar-refractivity contribution in [2.75, 3.05) is 20.3 Å². The molecule has 0 aromatic carbocycles. The molecule has 0 aromatic heterocycles. The number of rotatable bonds is 7. The van der Waals surface area contributed by atoms with Gasteiger partial charge in [0, 0.05) is 19.6 Å². The van der Waals surface area contributed by atoms with Crippen molar-refractivity contribution in [2.24, 2.45) is 0 Å². The number of carbonyl (C=O) groups is 2. The number of cyclic esters (lactones) is 1. The van der Waals surface area contributed by atoms with Crippen molar-refractivity contribution in [1.82, 2.24) is 5.48 Å². The van der Waals surface area contributed by atoms with Crippen LogP contribution in [0.15, 0.2) is 23.1 Å². The molecule has 0 aliphatic carbocycles. The monoisotopic (exact) mass is 269 g/mol. The van der Waals surface area contributed by atoms with Crippen LogP contribution in [0, 0.1) is 0 Å². The van der Waals surface area contributed by atoms with Gasteiger partial charge in [-0.25, -0.2) is 4.79 Å². The zero-order valence-electron chi connectivity index (χ0n) is 11.4. The average Bonchev–Trinajstić information content (AvgIpc) is 2.40. The van der Waals surface area contributed by atoms with Gasteiger partial charge in [-0.2, -0.15) is 0 Å². The third-order valence-corrected chi connectivity index (χ3v) is 2.56. The standard InChI is InChI=1S/C13H19NO5/c1-4-9-8-11(15)12(13(16)19-9)10(5-2)14-18-7-6-17-3/h8,14H,4-7H2,1-3H3. The smallest absolute Gasteiger partial charge is 0.349 e. The van der Waals surface area contributed by atoms with Gasteiger partial charge in [0.05, 0.1) is 18.9 Å². The zero-order chi connectivity index (χ0) is 14.3. The number of nitrogens with one attached hydrogen (secondary N) is 1. The molecule has 1 aliphatic rings.